The van der Waals surface area contributed by atoms with Crippen molar-refractivity contribution in [3.05, 3.63) is 18.0 Å². The van der Waals surface area contributed by atoms with Crippen molar-refractivity contribution in [3.63, 3.8) is 0 Å². The van der Waals surface area contributed by atoms with Gasteiger partial charge in [0, 0.05) is 32.0 Å². The normalized spacial score (nSPS) is 12.5. The average molecular weight is 212 g/mol. The second kappa shape index (κ2) is 5.47. The molecule has 1 unspecified atom stereocenters. The van der Waals surface area contributed by atoms with E-state index >= 15 is 0 Å². The van der Waals surface area contributed by atoms with Gasteiger partial charge < -0.3 is 16.2 Å². The number of carbonyl (C=O) groups excluding carboxylic acids is 1. The number of hydrogen-bond acceptors (Lipinski definition) is 4. The van der Waals surface area contributed by atoms with Crippen molar-refractivity contribution in [2.24, 2.45) is 12.8 Å². The number of hydrogen-bond donors (Lipinski definition) is 3. The molecule has 0 spiro atoms. The minimum Gasteiger partial charge on any atom is -0.396 e. The second-order valence-electron chi connectivity index (χ2n) is 3.29. The van der Waals surface area contributed by atoms with Crippen molar-refractivity contribution in [3.8, 4) is 0 Å². The topological polar surface area (TPSA) is 93.2 Å². The van der Waals surface area contributed by atoms with Gasteiger partial charge in [-0.05, 0) is 6.42 Å². The molecule has 0 aliphatic heterocycles. The zero-order valence-electron chi connectivity index (χ0n) is 8.68. The molecule has 6 heteroatoms. The van der Waals surface area contributed by atoms with Gasteiger partial charge in [-0.25, -0.2) is 0 Å². The van der Waals surface area contributed by atoms with Crippen LogP contribution >= 0.6 is 0 Å². The Morgan fingerprint density at radius 1 is 1.80 bits per heavy atom. The first-order valence-corrected chi connectivity index (χ1v) is 4.78. The number of nitrogens with zero attached hydrogens (tertiary/aromatic N) is 2. The predicted octanol–water partition coefficient (Wildman–Crippen LogP) is -1.08. The Balaban J connectivity index is 2.46. The van der Waals surface area contributed by atoms with Crippen LogP contribution in [0.25, 0.3) is 0 Å². The Labute approximate surface area is 88.1 Å². The first-order chi connectivity index (χ1) is 7.15. The Morgan fingerprint density at radius 3 is 3.07 bits per heavy atom. The molecule has 1 aromatic heterocycles. The van der Waals surface area contributed by atoms with Crippen LogP contribution in [0, 0.1) is 0 Å². The van der Waals surface area contributed by atoms with Gasteiger partial charge in [0.2, 0.25) is 5.91 Å². The fraction of sp³-hybridized carbons (Fsp3) is 0.556. The van der Waals surface area contributed by atoms with Crippen molar-refractivity contribution in [2.75, 3.05) is 13.2 Å². The van der Waals surface area contributed by atoms with Crippen LogP contribution in [0.3, 0.4) is 0 Å². The van der Waals surface area contributed by atoms with E-state index in [9.17, 15) is 4.79 Å². The summed E-state index contributed by atoms with van der Waals surface area (Å²) in [4.78, 5) is 11.5. The average Bonchev–Trinajstić information content (AvgIpc) is 2.64. The number of amides is 1. The standard InChI is InChI=1S/C9H16N4O2/c1-13-6-7(5-12-13)8(10)9(15)11-3-2-4-14/h5-6,8,14H,2-4,10H2,1H3,(H,11,15). The van der Waals surface area contributed by atoms with Crippen LogP contribution in [0.4, 0.5) is 0 Å². The maximum atomic E-state index is 11.5. The largest absolute Gasteiger partial charge is 0.396 e. The highest BCUT2D eigenvalue weighted by atomic mass is 16.3. The molecule has 1 rings (SSSR count). The maximum Gasteiger partial charge on any atom is 0.241 e. The second-order valence-corrected chi connectivity index (χ2v) is 3.29. The van der Waals surface area contributed by atoms with Crippen LogP contribution in [-0.2, 0) is 11.8 Å². The van der Waals surface area contributed by atoms with Crippen molar-refractivity contribution in [1.29, 1.82) is 0 Å². The Hall–Kier alpha value is -1.40. The highest BCUT2D eigenvalue weighted by Gasteiger charge is 2.16. The van der Waals surface area contributed by atoms with Crippen molar-refractivity contribution in [2.45, 2.75) is 12.5 Å². The van der Waals surface area contributed by atoms with Crippen molar-refractivity contribution < 1.29 is 9.90 Å². The summed E-state index contributed by atoms with van der Waals surface area (Å²) < 4.78 is 1.59. The van der Waals surface area contributed by atoms with Crippen LogP contribution in [0.1, 0.15) is 18.0 Å². The number of aliphatic hydroxyl groups is 1. The highest BCUT2D eigenvalue weighted by Crippen LogP contribution is 2.07. The molecule has 6 nitrogen and oxygen atoms in total. The van der Waals surface area contributed by atoms with Crippen molar-refractivity contribution >= 4 is 5.91 Å². The molecular formula is C9H16N4O2. The zero-order chi connectivity index (χ0) is 11.3. The Morgan fingerprint density at radius 2 is 2.53 bits per heavy atom. The van der Waals surface area contributed by atoms with E-state index in [0.717, 1.165) is 0 Å². The molecule has 1 aromatic rings. The fourth-order valence-electron chi connectivity index (χ4n) is 1.15. The summed E-state index contributed by atoms with van der Waals surface area (Å²) in [6, 6.07) is -0.697. The maximum absolute atomic E-state index is 11.5. The van der Waals surface area contributed by atoms with Gasteiger partial charge in [0.1, 0.15) is 6.04 Å². The van der Waals surface area contributed by atoms with E-state index in [0.29, 0.717) is 18.5 Å². The summed E-state index contributed by atoms with van der Waals surface area (Å²) in [6.45, 7) is 0.492. The lowest BCUT2D eigenvalue weighted by Gasteiger charge is -2.09. The lowest BCUT2D eigenvalue weighted by molar-refractivity contribution is -0.122. The third-order valence-electron chi connectivity index (χ3n) is 2.00. The molecule has 0 fully saturated rings. The molecule has 0 aliphatic carbocycles. The molecule has 0 bridgehead atoms. The van der Waals surface area contributed by atoms with Gasteiger partial charge in [-0.1, -0.05) is 0 Å². The van der Waals surface area contributed by atoms with Crippen LogP contribution in [-0.4, -0.2) is 33.9 Å². The van der Waals surface area contributed by atoms with E-state index in [1.54, 1.807) is 24.1 Å². The number of nitrogens with one attached hydrogen (secondary N) is 1. The van der Waals surface area contributed by atoms with Gasteiger partial charge >= 0.3 is 0 Å². The number of nitrogens with two attached hydrogens (primary N) is 1. The zero-order valence-corrected chi connectivity index (χ0v) is 8.68. The first-order valence-electron chi connectivity index (χ1n) is 4.78. The van der Waals surface area contributed by atoms with Crippen LogP contribution in [0.5, 0.6) is 0 Å². The molecular weight excluding hydrogens is 196 g/mol. The monoisotopic (exact) mass is 212 g/mol. The van der Waals surface area contributed by atoms with E-state index in [2.05, 4.69) is 10.4 Å². The van der Waals surface area contributed by atoms with Crippen LogP contribution in [0.15, 0.2) is 12.4 Å². The smallest absolute Gasteiger partial charge is 0.241 e. The van der Waals surface area contributed by atoms with E-state index in [1.807, 2.05) is 0 Å². The number of aromatic nitrogens is 2. The van der Waals surface area contributed by atoms with Gasteiger partial charge in [-0.2, -0.15) is 5.10 Å². The molecule has 0 aromatic carbocycles. The number of aryl methyl sites for hydroxylation is 1. The third kappa shape index (κ3) is 3.34. The third-order valence-corrected chi connectivity index (χ3v) is 2.00. The Kier molecular flexibility index (Phi) is 4.26. The number of carbonyl (C=O) groups is 1. The molecule has 1 amide bonds. The van der Waals surface area contributed by atoms with Crippen molar-refractivity contribution in [1.82, 2.24) is 15.1 Å². The number of aliphatic hydroxyl groups excluding tert-OH is 1. The Bertz CT molecular complexity index is 324. The molecule has 0 radical (unpaired) electrons. The highest BCUT2D eigenvalue weighted by molar-refractivity contribution is 5.82. The molecule has 84 valence electrons. The van der Waals surface area contributed by atoms with Gasteiger partial charge in [0.05, 0.1) is 6.20 Å². The SMILES string of the molecule is Cn1cc(C(N)C(=O)NCCCO)cn1. The minimum absolute atomic E-state index is 0.0579. The molecule has 1 atom stereocenters. The molecule has 1 heterocycles. The number of rotatable bonds is 5. The van der Waals surface area contributed by atoms with Crippen LogP contribution in [0.2, 0.25) is 0 Å². The van der Waals surface area contributed by atoms with E-state index in [1.165, 1.54) is 0 Å². The quantitative estimate of drug-likeness (QED) is 0.541. The summed E-state index contributed by atoms with van der Waals surface area (Å²) in [6.07, 6.45) is 3.80. The summed E-state index contributed by atoms with van der Waals surface area (Å²) in [5.41, 5.74) is 6.39. The molecule has 4 N–H and O–H groups in total. The molecule has 0 saturated carbocycles. The summed E-state index contributed by atoms with van der Waals surface area (Å²) in [7, 11) is 1.76. The van der Waals surface area contributed by atoms with E-state index < -0.39 is 6.04 Å². The molecule has 0 aliphatic rings. The first kappa shape index (κ1) is 11.7. The van der Waals surface area contributed by atoms with Gasteiger partial charge in [0.25, 0.3) is 0 Å². The van der Waals surface area contributed by atoms with Gasteiger partial charge in [-0.3, -0.25) is 9.48 Å². The van der Waals surface area contributed by atoms with E-state index in [-0.39, 0.29) is 12.5 Å². The summed E-state index contributed by atoms with van der Waals surface area (Å²) >= 11 is 0. The molecule has 0 saturated heterocycles. The summed E-state index contributed by atoms with van der Waals surface area (Å²) in [5.74, 6) is -0.253. The van der Waals surface area contributed by atoms with Gasteiger partial charge in [-0.15, -0.1) is 0 Å². The lowest BCUT2D eigenvalue weighted by atomic mass is 10.1. The van der Waals surface area contributed by atoms with E-state index in [4.69, 9.17) is 10.8 Å². The fourth-order valence-corrected chi connectivity index (χ4v) is 1.15. The molecule has 15 heavy (non-hydrogen) atoms. The van der Waals surface area contributed by atoms with Crippen LogP contribution < -0.4 is 11.1 Å². The summed E-state index contributed by atoms with van der Waals surface area (Å²) in [5, 5.41) is 15.1. The minimum atomic E-state index is -0.697. The van der Waals surface area contributed by atoms with Gasteiger partial charge in [0.15, 0.2) is 0 Å². The predicted molar refractivity (Wildman–Crippen MR) is 54.8 cm³/mol. The lowest BCUT2D eigenvalue weighted by Crippen LogP contribution is -2.34.